The third-order valence-corrected chi connectivity index (χ3v) is 5.21. The topological polar surface area (TPSA) is 111 Å². The number of carbonyl (C=O) groups excluding carboxylic acids is 2. The van der Waals surface area contributed by atoms with Crippen LogP contribution in [-0.2, 0) is 4.79 Å². The van der Waals surface area contributed by atoms with Crippen LogP contribution >= 0.6 is 11.3 Å². The predicted molar refractivity (Wildman–Crippen MR) is 116 cm³/mol. The van der Waals surface area contributed by atoms with Gasteiger partial charge in [0.05, 0.1) is 19.3 Å². The van der Waals surface area contributed by atoms with Crippen molar-refractivity contribution >= 4 is 28.8 Å². The molecule has 0 unspecified atom stereocenters. The van der Waals surface area contributed by atoms with Crippen molar-refractivity contribution in [2.75, 3.05) is 19.0 Å². The van der Waals surface area contributed by atoms with Crippen LogP contribution in [0.2, 0.25) is 0 Å². The minimum absolute atomic E-state index is 0.168. The number of anilines is 1. The van der Waals surface area contributed by atoms with Crippen LogP contribution in [0.5, 0.6) is 5.75 Å². The number of methoxy groups -OCH3 is 1. The van der Waals surface area contributed by atoms with Gasteiger partial charge in [-0.25, -0.2) is 14.6 Å². The molecule has 2 aromatic carbocycles. The second-order valence-corrected chi connectivity index (χ2v) is 7.24. The van der Waals surface area contributed by atoms with E-state index >= 15 is 0 Å². The number of benzene rings is 2. The number of hydrogen-bond donors (Lipinski definition) is 2. The average Bonchev–Trinajstić information content (AvgIpc) is 3.51. The lowest BCUT2D eigenvalue weighted by Crippen LogP contribution is -2.33. The Labute approximate surface area is 181 Å². The number of nitrogens with zero attached hydrogens (tertiary/aromatic N) is 4. The molecule has 31 heavy (non-hydrogen) atoms. The molecule has 4 aromatic rings. The van der Waals surface area contributed by atoms with Gasteiger partial charge in [0.1, 0.15) is 29.1 Å². The lowest BCUT2D eigenvalue weighted by atomic mass is 10.2. The van der Waals surface area contributed by atoms with Gasteiger partial charge in [-0.15, -0.1) is 11.3 Å². The normalized spacial score (nSPS) is 10.5. The number of aromatic nitrogens is 4. The second kappa shape index (κ2) is 9.18. The van der Waals surface area contributed by atoms with Gasteiger partial charge < -0.3 is 15.4 Å². The zero-order valence-electron chi connectivity index (χ0n) is 16.5. The largest absolute Gasteiger partial charge is 0.497 e. The van der Waals surface area contributed by atoms with Gasteiger partial charge in [-0.2, -0.15) is 5.10 Å². The summed E-state index contributed by atoms with van der Waals surface area (Å²) in [6, 6.07) is 14.5. The Morgan fingerprint density at radius 1 is 1.10 bits per heavy atom. The van der Waals surface area contributed by atoms with Crippen molar-refractivity contribution in [3.8, 4) is 22.0 Å². The molecular weight excluding hydrogens is 416 g/mol. The van der Waals surface area contributed by atoms with Gasteiger partial charge in [-0.05, 0) is 48.5 Å². The number of nitrogens with one attached hydrogen (secondary N) is 2. The number of ether oxygens (including phenoxy) is 1. The van der Waals surface area contributed by atoms with Crippen LogP contribution in [0.15, 0.2) is 66.6 Å². The van der Waals surface area contributed by atoms with Crippen LogP contribution in [-0.4, -0.2) is 45.2 Å². The van der Waals surface area contributed by atoms with E-state index in [0.29, 0.717) is 10.7 Å². The third-order valence-electron chi connectivity index (χ3n) is 4.32. The van der Waals surface area contributed by atoms with Crippen molar-refractivity contribution < 1.29 is 14.3 Å². The Hall–Kier alpha value is -4.05. The maximum Gasteiger partial charge on any atom is 0.271 e. The highest BCUT2D eigenvalue weighted by molar-refractivity contribution is 7.13. The fraction of sp³-hybridized carbons (Fsp3) is 0.0952. The molecule has 2 aromatic heterocycles. The van der Waals surface area contributed by atoms with Crippen molar-refractivity contribution in [3.05, 3.63) is 72.3 Å². The molecule has 0 radical (unpaired) electrons. The van der Waals surface area contributed by atoms with E-state index in [0.717, 1.165) is 17.0 Å². The smallest absolute Gasteiger partial charge is 0.271 e. The van der Waals surface area contributed by atoms with Crippen molar-refractivity contribution in [1.82, 2.24) is 25.1 Å². The first-order chi connectivity index (χ1) is 15.1. The Morgan fingerprint density at radius 3 is 2.55 bits per heavy atom. The second-order valence-electron chi connectivity index (χ2n) is 6.38. The van der Waals surface area contributed by atoms with Crippen molar-refractivity contribution in [2.24, 2.45) is 0 Å². The van der Waals surface area contributed by atoms with E-state index in [4.69, 9.17) is 4.74 Å². The minimum atomic E-state index is -0.410. The minimum Gasteiger partial charge on any atom is -0.497 e. The van der Waals surface area contributed by atoms with E-state index in [1.807, 2.05) is 24.3 Å². The first kappa shape index (κ1) is 20.2. The van der Waals surface area contributed by atoms with Crippen LogP contribution in [0.25, 0.3) is 16.3 Å². The van der Waals surface area contributed by atoms with Crippen LogP contribution < -0.4 is 15.4 Å². The van der Waals surface area contributed by atoms with E-state index in [-0.39, 0.29) is 18.1 Å². The lowest BCUT2D eigenvalue weighted by molar-refractivity contribution is -0.115. The summed E-state index contributed by atoms with van der Waals surface area (Å²) in [5.74, 6) is -0.00234. The van der Waals surface area contributed by atoms with Gasteiger partial charge in [0.15, 0.2) is 0 Å². The van der Waals surface area contributed by atoms with Crippen molar-refractivity contribution in [1.29, 1.82) is 0 Å². The van der Waals surface area contributed by atoms with E-state index in [2.05, 4.69) is 25.7 Å². The Balaban J connectivity index is 1.30. The summed E-state index contributed by atoms with van der Waals surface area (Å²) < 4.78 is 6.75. The summed E-state index contributed by atoms with van der Waals surface area (Å²) in [4.78, 5) is 32.8. The highest BCUT2D eigenvalue weighted by Gasteiger charge is 2.13. The first-order valence-corrected chi connectivity index (χ1v) is 10.1. The zero-order valence-corrected chi connectivity index (χ0v) is 17.3. The molecule has 0 spiro atoms. The van der Waals surface area contributed by atoms with Crippen molar-refractivity contribution in [3.63, 3.8) is 0 Å². The summed E-state index contributed by atoms with van der Waals surface area (Å²) in [6.07, 6.45) is 3.03. The van der Waals surface area contributed by atoms with Crippen LogP contribution in [0.4, 0.5) is 5.69 Å². The van der Waals surface area contributed by atoms with Gasteiger partial charge in [-0.1, -0.05) is 0 Å². The number of rotatable bonds is 7. The van der Waals surface area contributed by atoms with Gasteiger partial charge >= 0.3 is 0 Å². The molecule has 4 rings (SSSR count). The zero-order chi connectivity index (χ0) is 21.6. The molecule has 0 saturated carbocycles. The van der Waals surface area contributed by atoms with Gasteiger partial charge in [-0.3, -0.25) is 9.59 Å². The monoisotopic (exact) mass is 434 g/mol. The number of thiazole rings is 1. The highest BCUT2D eigenvalue weighted by atomic mass is 32.1. The Morgan fingerprint density at radius 2 is 1.87 bits per heavy atom. The van der Waals surface area contributed by atoms with Crippen LogP contribution in [0.1, 0.15) is 10.5 Å². The molecule has 0 fully saturated rings. The molecule has 0 aliphatic carbocycles. The Kier molecular flexibility index (Phi) is 5.99. The first-order valence-electron chi connectivity index (χ1n) is 9.25. The van der Waals surface area contributed by atoms with Crippen molar-refractivity contribution in [2.45, 2.75) is 0 Å². The van der Waals surface area contributed by atoms with Crippen LogP contribution in [0, 0.1) is 0 Å². The van der Waals surface area contributed by atoms with E-state index in [9.17, 15) is 9.59 Å². The maximum absolute atomic E-state index is 12.3. The molecule has 2 N–H and O–H groups in total. The highest BCUT2D eigenvalue weighted by Crippen LogP contribution is 2.25. The molecule has 2 heterocycles. The van der Waals surface area contributed by atoms with E-state index < -0.39 is 5.91 Å². The summed E-state index contributed by atoms with van der Waals surface area (Å²) in [5, 5.41) is 11.7. The van der Waals surface area contributed by atoms with E-state index in [1.54, 1.807) is 47.8 Å². The summed E-state index contributed by atoms with van der Waals surface area (Å²) in [5.41, 5.74) is 2.58. The molecule has 0 aliphatic rings. The number of hydrogen-bond acceptors (Lipinski definition) is 7. The molecule has 9 nitrogen and oxygen atoms in total. The fourth-order valence-electron chi connectivity index (χ4n) is 2.74. The van der Waals surface area contributed by atoms with E-state index in [1.165, 1.54) is 17.7 Å². The SMILES string of the molecule is COc1ccc(-c2nc(C(=O)NCC(=O)Nc3ccc(-n4cncn4)cc3)cs2)cc1. The summed E-state index contributed by atoms with van der Waals surface area (Å²) in [6.45, 7) is -0.168. The molecule has 0 aliphatic heterocycles. The van der Waals surface area contributed by atoms with Crippen LogP contribution in [0.3, 0.4) is 0 Å². The number of carbonyl (C=O) groups is 2. The molecule has 10 heteroatoms. The van der Waals surface area contributed by atoms with Gasteiger partial charge in [0, 0.05) is 16.6 Å². The molecule has 0 atom stereocenters. The molecule has 156 valence electrons. The fourth-order valence-corrected chi connectivity index (χ4v) is 3.55. The lowest BCUT2D eigenvalue weighted by Gasteiger charge is -2.07. The average molecular weight is 434 g/mol. The molecule has 2 amide bonds. The molecule has 0 bridgehead atoms. The van der Waals surface area contributed by atoms with Gasteiger partial charge in [0.25, 0.3) is 5.91 Å². The quantitative estimate of drug-likeness (QED) is 0.463. The maximum atomic E-state index is 12.3. The molecular formula is C21H18N6O3S. The summed E-state index contributed by atoms with van der Waals surface area (Å²) >= 11 is 1.36. The third kappa shape index (κ3) is 4.93. The standard InChI is InChI=1S/C21H18N6O3S/c1-30-17-8-2-14(3-9-17)21-26-18(11-31-21)20(29)23-10-19(28)25-15-4-6-16(7-5-15)27-13-22-12-24-27/h2-9,11-13H,10H2,1H3,(H,23,29)(H,25,28). The Bertz CT molecular complexity index is 1170. The summed E-state index contributed by atoms with van der Waals surface area (Å²) in [7, 11) is 1.60. The molecule has 0 saturated heterocycles. The van der Waals surface area contributed by atoms with Gasteiger partial charge in [0.2, 0.25) is 5.91 Å². The number of amides is 2. The predicted octanol–water partition coefficient (Wildman–Crippen LogP) is 2.77.